The summed E-state index contributed by atoms with van der Waals surface area (Å²) in [5, 5.41) is 3.00. The van der Waals surface area contributed by atoms with E-state index in [4.69, 9.17) is 4.98 Å². The number of carbonyl (C=O) groups is 2. The van der Waals surface area contributed by atoms with Crippen molar-refractivity contribution in [3.8, 4) is 11.4 Å². The number of amides is 2. The maximum Gasteiger partial charge on any atom is 0.271 e. The molecule has 3 aromatic rings. The van der Waals surface area contributed by atoms with Gasteiger partial charge < -0.3 is 14.8 Å². The molecular formula is C26H29N5O2. The molecule has 1 aromatic carbocycles. The topological polar surface area (TPSA) is 80.1 Å². The molecule has 2 bridgehead atoms. The predicted octanol–water partition coefficient (Wildman–Crippen LogP) is 3.62. The Labute approximate surface area is 193 Å². The number of aryl methyl sites for hydroxylation is 1. The third-order valence-corrected chi connectivity index (χ3v) is 6.56. The predicted molar refractivity (Wildman–Crippen MR) is 126 cm³/mol. The Balaban J connectivity index is 1.57. The lowest BCUT2D eigenvalue weighted by Gasteiger charge is -2.28. The van der Waals surface area contributed by atoms with Crippen LogP contribution in [0.5, 0.6) is 0 Å². The van der Waals surface area contributed by atoms with E-state index in [-0.39, 0.29) is 29.9 Å². The summed E-state index contributed by atoms with van der Waals surface area (Å²) in [6, 6.07) is 13.7. The zero-order valence-corrected chi connectivity index (χ0v) is 19.3. The molecule has 2 aliphatic heterocycles. The van der Waals surface area contributed by atoms with Crippen molar-refractivity contribution in [2.24, 2.45) is 0 Å². The van der Waals surface area contributed by atoms with Gasteiger partial charge in [-0.25, -0.2) is 4.98 Å². The van der Waals surface area contributed by atoms with Crippen LogP contribution in [0.3, 0.4) is 0 Å². The van der Waals surface area contributed by atoms with Crippen LogP contribution in [0.4, 0.5) is 0 Å². The molecule has 1 N–H and O–H groups in total. The summed E-state index contributed by atoms with van der Waals surface area (Å²) >= 11 is 0. The van der Waals surface area contributed by atoms with Crippen molar-refractivity contribution < 1.29 is 9.59 Å². The van der Waals surface area contributed by atoms with Gasteiger partial charge in [0.15, 0.2) is 0 Å². The first-order valence-corrected chi connectivity index (χ1v) is 11.6. The summed E-state index contributed by atoms with van der Waals surface area (Å²) in [5.41, 5.74) is 3.87. The highest BCUT2D eigenvalue weighted by Crippen LogP contribution is 2.36. The van der Waals surface area contributed by atoms with E-state index in [9.17, 15) is 9.59 Å². The molecule has 2 amide bonds. The maximum absolute atomic E-state index is 13.6. The lowest BCUT2D eigenvalue weighted by atomic mass is 10.0. The molecule has 0 unspecified atom stereocenters. The first-order valence-electron chi connectivity index (χ1n) is 11.6. The highest BCUT2D eigenvalue weighted by molar-refractivity contribution is 5.96. The minimum Gasteiger partial charge on any atom is -0.348 e. The van der Waals surface area contributed by atoms with Crippen LogP contribution in [0.15, 0.2) is 48.7 Å². The second kappa shape index (κ2) is 8.46. The van der Waals surface area contributed by atoms with Gasteiger partial charge in [0.2, 0.25) is 0 Å². The Hall–Kier alpha value is -3.48. The van der Waals surface area contributed by atoms with Crippen molar-refractivity contribution in [1.29, 1.82) is 0 Å². The van der Waals surface area contributed by atoms with Gasteiger partial charge >= 0.3 is 0 Å². The Kier molecular flexibility index (Phi) is 5.48. The molecule has 0 spiro atoms. The first-order chi connectivity index (χ1) is 15.9. The number of aromatic nitrogens is 3. The number of pyridine rings is 1. The Bertz CT molecular complexity index is 1200. The maximum atomic E-state index is 13.6. The molecule has 0 aliphatic carbocycles. The van der Waals surface area contributed by atoms with Crippen LogP contribution in [0, 0.1) is 6.92 Å². The Morgan fingerprint density at radius 2 is 1.85 bits per heavy atom. The van der Waals surface area contributed by atoms with Gasteiger partial charge in [0.25, 0.3) is 11.8 Å². The van der Waals surface area contributed by atoms with Crippen LogP contribution >= 0.6 is 0 Å². The molecule has 7 heteroatoms. The SMILES string of the molecule is Cc1cc(C(=O)N2[C@@H]3CC[C@H]2Cc2c(C(=O)NC(C)C)nc(-c4ccccc4)n2C3)ccn1. The van der Waals surface area contributed by atoms with Crippen LogP contribution in [0.25, 0.3) is 11.4 Å². The average Bonchev–Trinajstić information content (AvgIpc) is 3.29. The summed E-state index contributed by atoms with van der Waals surface area (Å²) in [7, 11) is 0. The molecule has 170 valence electrons. The molecule has 5 rings (SSSR count). The van der Waals surface area contributed by atoms with E-state index in [0.717, 1.165) is 35.6 Å². The summed E-state index contributed by atoms with van der Waals surface area (Å²) in [5.74, 6) is 0.678. The van der Waals surface area contributed by atoms with Crippen LogP contribution in [-0.2, 0) is 13.0 Å². The minimum absolute atomic E-state index is 0.0188. The summed E-state index contributed by atoms with van der Waals surface area (Å²) in [4.78, 5) is 37.8. The number of carbonyl (C=O) groups excluding carboxylic acids is 2. The molecule has 0 radical (unpaired) electrons. The molecule has 2 aromatic heterocycles. The van der Waals surface area contributed by atoms with E-state index >= 15 is 0 Å². The number of imidazole rings is 1. The third kappa shape index (κ3) is 3.92. The number of nitrogens with zero attached hydrogens (tertiary/aromatic N) is 4. The van der Waals surface area contributed by atoms with Crippen molar-refractivity contribution in [3.63, 3.8) is 0 Å². The number of benzene rings is 1. The molecule has 1 fully saturated rings. The molecule has 7 nitrogen and oxygen atoms in total. The fourth-order valence-electron chi connectivity index (χ4n) is 5.14. The van der Waals surface area contributed by atoms with E-state index in [0.29, 0.717) is 24.2 Å². The smallest absolute Gasteiger partial charge is 0.271 e. The number of nitrogens with one attached hydrogen (secondary N) is 1. The summed E-state index contributed by atoms with van der Waals surface area (Å²) in [6.45, 7) is 6.43. The minimum atomic E-state index is -0.156. The standard InChI is InChI=1S/C26H29N5O2/c1-16(2)28-25(32)23-22-14-20-9-10-21(31(20)26(33)19-11-12-27-17(3)13-19)15-30(22)24(29-23)18-7-5-4-6-8-18/h4-8,11-13,16,20-21H,9-10,14-15H2,1-3H3,(H,28,32)/t20-,21+/m0/s1. The lowest BCUT2D eigenvalue weighted by molar-refractivity contribution is 0.0666. The Morgan fingerprint density at radius 1 is 1.09 bits per heavy atom. The molecule has 0 saturated carbocycles. The molecule has 1 saturated heterocycles. The fraction of sp³-hybridized carbons (Fsp3) is 0.385. The van der Waals surface area contributed by atoms with Crippen LogP contribution in [0.2, 0.25) is 0 Å². The van der Waals surface area contributed by atoms with E-state index in [1.54, 1.807) is 12.3 Å². The second-order valence-corrected chi connectivity index (χ2v) is 9.32. The zero-order valence-electron chi connectivity index (χ0n) is 19.3. The number of hydrogen-bond donors (Lipinski definition) is 1. The molecular weight excluding hydrogens is 414 g/mol. The monoisotopic (exact) mass is 443 g/mol. The summed E-state index contributed by atoms with van der Waals surface area (Å²) < 4.78 is 2.17. The van der Waals surface area contributed by atoms with E-state index in [2.05, 4.69) is 14.9 Å². The second-order valence-electron chi connectivity index (χ2n) is 9.32. The summed E-state index contributed by atoms with van der Waals surface area (Å²) in [6.07, 6.45) is 4.18. The first kappa shape index (κ1) is 21.4. The van der Waals surface area contributed by atoms with Crippen LogP contribution < -0.4 is 5.32 Å². The van der Waals surface area contributed by atoms with Gasteiger partial charge in [-0.15, -0.1) is 0 Å². The van der Waals surface area contributed by atoms with Crippen molar-refractivity contribution in [2.45, 2.75) is 64.7 Å². The average molecular weight is 444 g/mol. The zero-order chi connectivity index (χ0) is 23.1. The van der Waals surface area contributed by atoms with E-state index < -0.39 is 0 Å². The van der Waals surface area contributed by atoms with Gasteiger partial charge in [0, 0.05) is 48.1 Å². The number of fused-ring (bicyclic) bond motifs is 3. The molecule has 4 heterocycles. The highest BCUT2D eigenvalue weighted by atomic mass is 16.2. The van der Waals surface area contributed by atoms with Crippen molar-refractivity contribution in [3.05, 3.63) is 71.3 Å². The van der Waals surface area contributed by atoms with Gasteiger partial charge in [-0.3, -0.25) is 14.6 Å². The van der Waals surface area contributed by atoms with Gasteiger partial charge in [-0.1, -0.05) is 30.3 Å². The quantitative estimate of drug-likeness (QED) is 0.668. The van der Waals surface area contributed by atoms with Crippen LogP contribution in [0.1, 0.15) is 58.9 Å². The van der Waals surface area contributed by atoms with E-state index in [1.807, 2.05) is 62.1 Å². The van der Waals surface area contributed by atoms with Gasteiger partial charge in [0.1, 0.15) is 11.5 Å². The molecule has 33 heavy (non-hydrogen) atoms. The third-order valence-electron chi connectivity index (χ3n) is 6.56. The van der Waals surface area contributed by atoms with Gasteiger partial charge in [-0.2, -0.15) is 0 Å². The normalized spacial score (nSPS) is 19.3. The molecule has 2 atom stereocenters. The van der Waals surface area contributed by atoms with Gasteiger partial charge in [0.05, 0.1) is 11.7 Å². The highest BCUT2D eigenvalue weighted by Gasteiger charge is 2.42. The Morgan fingerprint density at radius 3 is 2.58 bits per heavy atom. The number of rotatable bonds is 4. The lowest BCUT2D eigenvalue weighted by Crippen LogP contribution is -2.42. The molecule has 2 aliphatic rings. The fourth-order valence-corrected chi connectivity index (χ4v) is 5.14. The largest absolute Gasteiger partial charge is 0.348 e. The van der Waals surface area contributed by atoms with E-state index in [1.165, 1.54) is 0 Å². The van der Waals surface area contributed by atoms with Crippen LogP contribution in [-0.4, -0.2) is 49.4 Å². The van der Waals surface area contributed by atoms with Crippen molar-refractivity contribution in [1.82, 2.24) is 24.8 Å². The number of hydrogen-bond acceptors (Lipinski definition) is 4. The van der Waals surface area contributed by atoms with Gasteiger partial charge in [-0.05, 0) is 45.7 Å². The van der Waals surface area contributed by atoms with Crippen molar-refractivity contribution >= 4 is 11.8 Å². The van der Waals surface area contributed by atoms with Crippen molar-refractivity contribution in [2.75, 3.05) is 0 Å².